The van der Waals surface area contributed by atoms with Crippen LogP contribution in [0.25, 0.3) is 0 Å². The quantitative estimate of drug-likeness (QED) is 0.609. The molecule has 6 heteroatoms. The van der Waals surface area contributed by atoms with Crippen LogP contribution < -0.4 is 5.73 Å². The largest absolute Gasteiger partial charge is 0.465 e. The molecule has 0 aliphatic rings. The zero-order valence-corrected chi connectivity index (χ0v) is 16.6. The summed E-state index contributed by atoms with van der Waals surface area (Å²) in [6.45, 7) is 12.8. The van der Waals surface area contributed by atoms with Gasteiger partial charge in [-0.3, -0.25) is 4.79 Å². The van der Waals surface area contributed by atoms with Crippen LogP contribution in [0.3, 0.4) is 0 Å². The standard InChI is InChI=1S/C17H28ClNO3Si/c1-7-21-16(20)14(19)15(12-8-10-13(18)11-9-12)22-23(5,6)17(2,3)4/h8-11,14-15H,7,19H2,1-6H3/t14-,15-/m1/s1. The minimum Gasteiger partial charge on any atom is -0.465 e. The van der Waals surface area contributed by atoms with Crippen molar-refractivity contribution in [2.45, 2.75) is 58.0 Å². The third-order valence-corrected chi connectivity index (χ3v) is 9.02. The summed E-state index contributed by atoms with van der Waals surface area (Å²) < 4.78 is 11.5. The molecule has 0 saturated carbocycles. The topological polar surface area (TPSA) is 61.5 Å². The molecule has 4 nitrogen and oxygen atoms in total. The van der Waals surface area contributed by atoms with Gasteiger partial charge in [0.1, 0.15) is 6.04 Å². The maximum atomic E-state index is 12.1. The predicted molar refractivity (Wildman–Crippen MR) is 97.1 cm³/mol. The van der Waals surface area contributed by atoms with E-state index in [1.54, 1.807) is 19.1 Å². The summed E-state index contributed by atoms with van der Waals surface area (Å²) in [5.74, 6) is -0.453. The van der Waals surface area contributed by atoms with Gasteiger partial charge >= 0.3 is 5.97 Å². The molecule has 1 rings (SSSR count). The number of rotatable bonds is 6. The summed E-state index contributed by atoms with van der Waals surface area (Å²) in [6, 6.07) is 6.37. The average molecular weight is 358 g/mol. The van der Waals surface area contributed by atoms with Crippen LogP contribution in [0.15, 0.2) is 24.3 Å². The molecule has 1 aromatic carbocycles. The van der Waals surface area contributed by atoms with Crippen molar-refractivity contribution in [3.8, 4) is 0 Å². The summed E-state index contributed by atoms with van der Waals surface area (Å²) in [7, 11) is -2.12. The van der Waals surface area contributed by atoms with E-state index in [-0.39, 0.29) is 5.04 Å². The summed E-state index contributed by atoms with van der Waals surface area (Å²) in [5.41, 5.74) is 6.99. The number of esters is 1. The van der Waals surface area contributed by atoms with Crippen molar-refractivity contribution in [1.82, 2.24) is 0 Å². The lowest BCUT2D eigenvalue weighted by atomic mass is 10.0. The van der Waals surface area contributed by atoms with Gasteiger partial charge in [0.25, 0.3) is 0 Å². The summed E-state index contributed by atoms with van der Waals surface area (Å²) >= 11 is 5.96. The lowest BCUT2D eigenvalue weighted by molar-refractivity contribution is -0.147. The van der Waals surface area contributed by atoms with Crippen LogP contribution in [0.1, 0.15) is 39.4 Å². The van der Waals surface area contributed by atoms with Gasteiger partial charge in [-0.1, -0.05) is 44.5 Å². The van der Waals surface area contributed by atoms with Gasteiger partial charge in [0.2, 0.25) is 0 Å². The van der Waals surface area contributed by atoms with Gasteiger partial charge in [-0.2, -0.15) is 0 Å². The van der Waals surface area contributed by atoms with Gasteiger partial charge in [-0.05, 0) is 42.8 Å². The second kappa shape index (κ2) is 7.79. The molecule has 0 heterocycles. The van der Waals surface area contributed by atoms with Gasteiger partial charge in [0, 0.05) is 5.02 Å². The Bertz CT molecular complexity index is 526. The summed E-state index contributed by atoms with van der Waals surface area (Å²) in [6.07, 6.45) is -0.549. The molecule has 0 fully saturated rings. The molecule has 0 saturated heterocycles. The van der Waals surface area contributed by atoms with E-state index in [2.05, 4.69) is 33.9 Å². The number of halogens is 1. The number of carbonyl (C=O) groups is 1. The maximum absolute atomic E-state index is 12.1. The van der Waals surface area contributed by atoms with Gasteiger partial charge in [-0.15, -0.1) is 0 Å². The Morgan fingerprint density at radius 3 is 2.22 bits per heavy atom. The molecule has 130 valence electrons. The zero-order valence-electron chi connectivity index (χ0n) is 14.9. The first-order valence-electron chi connectivity index (χ1n) is 7.85. The first-order valence-corrected chi connectivity index (χ1v) is 11.1. The van der Waals surface area contributed by atoms with E-state index in [0.717, 1.165) is 5.56 Å². The first-order chi connectivity index (χ1) is 10.5. The molecule has 0 amide bonds. The Balaban J connectivity index is 3.16. The van der Waals surface area contributed by atoms with Crippen molar-refractivity contribution >= 4 is 25.9 Å². The highest BCUT2D eigenvalue weighted by molar-refractivity contribution is 6.74. The monoisotopic (exact) mass is 357 g/mol. The van der Waals surface area contributed by atoms with Gasteiger partial charge in [0.15, 0.2) is 8.32 Å². The fraction of sp³-hybridized carbons (Fsp3) is 0.588. The van der Waals surface area contributed by atoms with E-state index >= 15 is 0 Å². The second-order valence-corrected chi connectivity index (χ2v) is 12.3. The van der Waals surface area contributed by atoms with Gasteiger partial charge in [0.05, 0.1) is 12.7 Å². The van der Waals surface area contributed by atoms with Crippen LogP contribution in [0.2, 0.25) is 23.2 Å². The Morgan fingerprint density at radius 1 is 1.26 bits per heavy atom. The van der Waals surface area contributed by atoms with E-state index in [1.807, 2.05) is 12.1 Å². The maximum Gasteiger partial charge on any atom is 0.325 e. The minimum atomic E-state index is -2.12. The zero-order chi connectivity index (χ0) is 17.8. The molecule has 2 N–H and O–H groups in total. The van der Waals surface area contributed by atoms with E-state index in [4.69, 9.17) is 26.5 Å². The number of carbonyl (C=O) groups excluding carboxylic acids is 1. The molecule has 2 atom stereocenters. The number of ether oxygens (including phenoxy) is 1. The highest BCUT2D eigenvalue weighted by Gasteiger charge is 2.42. The normalized spacial score (nSPS) is 15.1. The number of benzene rings is 1. The van der Waals surface area contributed by atoms with Gasteiger partial charge in [-0.25, -0.2) is 0 Å². The van der Waals surface area contributed by atoms with Crippen molar-refractivity contribution in [2.24, 2.45) is 5.73 Å². The summed E-state index contributed by atoms with van der Waals surface area (Å²) in [5, 5.41) is 0.635. The molecule has 23 heavy (non-hydrogen) atoms. The highest BCUT2D eigenvalue weighted by atomic mass is 35.5. The first kappa shape index (κ1) is 20.2. The Labute approximate surface area is 145 Å². The van der Waals surface area contributed by atoms with E-state index < -0.39 is 26.4 Å². The Kier molecular flexibility index (Phi) is 6.83. The Hall–Kier alpha value is -0.883. The molecule has 0 radical (unpaired) electrons. The van der Waals surface area contributed by atoms with Gasteiger partial charge < -0.3 is 14.9 Å². The minimum absolute atomic E-state index is 0.00601. The van der Waals surface area contributed by atoms with Crippen LogP contribution in [-0.4, -0.2) is 26.9 Å². The molecule has 0 spiro atoms. The van der Waals surface area contributed by atoms with Crippen LogP contribution in [0.5, 0.6) is 0 Å². The second-order valence-electron chi connectivity index (χ2n) is 7.13. The average Bonchev–Trinajstić information content (AvgIpc) is 2.44. The third kappa shape index (κ3) is 5.31. The third-order valence-electron chi connectivity index (χ3n) is 4.31. The Morgan fingerprint density at radius 2 is 1.78 bits per heavy atom. The van der Waals surface area contributed by atoms with E-state index in [1.165, 1.54) is 0 Å². The van der Waals surface area contributed by atoms with Crippen LogP contribution >= 0.6 is 11.6 Å². The number of hydrogen-bond donors (Lipinski definition) is 1. The van der Waals surface area contributed by atoms with Crippen molar-refractivity contribution in [3.63, 3.8) is 0 Å². The molecule has 1 aromatic rings. The summed E-state index contributed by atoms with van der Waals surface area (Å²) in [4.78, 5) is 12.1. The lowest BCUT2D eigenvalue weighted by Gasteiger charge is -2.40. The molecule has 0 aromatic heterocycles. The highest BCUT2D eigenvalue weighted by Crippen LogP contribution is 2.40. The molecule has 0 bridgehead atoms. The van der Waals surface area contributed by atoms with E-state index in [9.17, 15) is 4.79 Å². The SMILES string of the molecule is CCOC(=O)[C@H](N)[C@H](O[Si](C)(C)C(C)(C)C)c1ccc(Cl)cc1. The fourth-order valence-corrected chi connectivity index (χ4v) is 3.25. The van der Waals surface area contributed by atoms with Crippen LogP contribution in [0.4, 0.5) is 0 Å². The van der Waals surface area contributed by atoms with Crippen LogP contribution in [0, 0.1) is 0 Å². The van der Waals surface area contributed by atoms with Crippen molar-refractivity contribution in [1.29, 1.82) is 0 Å². The predicted octanol–water partition coefficient (Wildman–Crippen LogP) is 4.29. The number of nitrogens with two attached hydrogens (primary N) is 1. The molecule has 0 aliphatic heterocycles. The molecular formula is C17H28ClNO3Si. The van der Waals surface area contributed by atoms with Crippen molar-refractivity contribution < 1.29 is 14.0 Å². The van der Waals surface area contributed by atoms with Crippen LogP contribution in [-0.2, 0) is 14.0 Å². The fourth-order valence-electron chi connectivity index (χ4n) is 1.86. The molecule has 0 aliphatic carbocycles. The smallest absolute Gasteiger partial charge is 0.325 e. The number of hydrogen-bond acceptors (Lipinski definition) is 4. The van der Waals surface area contributed by atoms with E-state index in [0.29, 0.717) is 11.6 Å². The molecule has 0 unspecified atom stereocenters. The molecular weight excluding hydrogens is 330 g/mol. The lowest BCUT2D eigenvalue weighted by Crippen LogP contribution is -2.48. The van der Waals surface area contributed by atoms with Crippen molar-refractivity contribution in [2.75, 3.05) is 6.61 Å². The van der Waals surface area contributed by atoms with Crippen molar-refractivity contribution in [3.05, 3.63) is 34.9 Å².